The molecule has 8 heteroatoms. The van der Waals surface area contributed by atoms with E-state index in [4.69, 9.17) is 5.21 Å². The summed E-state index contributed by atoms with van der Waals surface area (Å²) in [4.78, 5) is 39.2. The van der Waals surface area contributed by atoms with E-state index in [0.717, 1.165) is 16.0 Å². The van der Waals surface area contributed by atoms with Crippen molar-refractivity contribution in [3.05, 3.63) is 99.8 Å². The summed E-state index contributed by atoms with van der Waals surface area (Å²) in [6.45, 7) is 0.771. The predicted molar refractivity (Wildman–Crippen MR) is 123 cm³/mol. The van der Waals surface area contributed by atoms with Crippen LogP contribution >= 0.6 is 11.3 Å². The van der Waals surface area contributed by atoms with Gasteiger partial charge in [0.15, 0.2) is 0 Å². The molecule has 0 atom stereocenters. The highest BCUT2D eigenvalue weighted by Crippen LogP contribution is 2.13. The van der Waals surface area contributed by atoms with Gasteiger partial charge in [0.05, 0.1) is 0 Å². The van der Waals surface area contributed by atoms with Crippen molar-refractivity contribution in [2.45, 2.75) is 13.0 Å². The van der Waals surface area contributed by atoms with E-state index in [2.05, 4.69) is 5.32 Å². The van der Waals surface area contributed by atoms with Crippen molar-refractivity contribution in [3.63, 3.8) is 0 Å². The van der Waals surface area contributed by atoms with Gasteiger partial charge in [0, 0.05) is 29.6 Å². The lowest BCUT2D eigenvalue weighted by Gasteiger charge is -2.23. The van der Waals surface area contributed by atoms with Crippen molar-refractivity contribution in [1.82, 2.24) is 15.7 Å². The number of rotatable bonds is 8. The number of carbonyl (C=O) groups is 3. The van der Waals surface area contributed by atoms with Crippen LogP contribution in [0.1, 0.15) is 26.4 Å². The average Bonchev–Trinajstić information content (AvgIpc) is 3.35. The Hall–Kier alpha value is -3.75. The number of hydrogen-bond acceptors (Lipinski definition) is 5. The minimum atomic E-state index is -0.617. The molecule has 7 nitrogen and oxygen atoms in total. The number of nitrogens with one attached hydrogen (secondary N) is 2. The molecule has 0 radical (unpaired) electrons. The predicted octanol–water partition coefficient (Wildman–Crippen LogP) is 3.86. The van der Waals surface area contributed by atoms with Gasteiger partial charge in [0.1, 0.15) is 0 Å². The van der Waals surface area contributed by atoms with Crippen LogP contribution in [0.4, 0.5) is 4.79 Å². The molecule has 4 amide bonds. The normalized spacial score (nSPS) is 10.7. The molecule has 3 N–H and O–H groups in total. The van der Waals surface area contributed by atoms with Crippen LogP contribution in [-0.2, 0) is 17.8 Å². The minimum Gasteiger partial charge on any atom is -0.320 e. The number of thiophene rings is 1. The van der Waals surface area contributed by atoms with Gasteiger partial charge in [-0.05, 0) is 47.2 Å². The second kappa shape index (κ2) is 11.6. The summed E-state index contributed by atoms with van der Waals surface area (Å²) in [5.74, 6) is -1.06. The zero-order chi connectivity index (χ0) is 22.8. The van der Waals surface area contributed by atoms with Crippen LogP contribution < -0.4 is 10.8 Å². The fourth-order valence-corrected chi connectivity index (χ4v) is 3.65. The molecule has 0 saturated heterocycles. The third-order valence-corrected chi connectivity index (χ3v) is 5.58. The Bertz CT molecular complexity index is 1060. The topological polar surface area (TPSA) is 98.7 Å². The van der Waals surface area contributed by atoms with Crippen molar-refractivity contribution in [3.8, 4) is 0 Å². The molecule has 0 aliphatic heterocycles. The Morgan fingerprint density at radius 2 is 1.72 bits per heavy atom. The van der Waals surface area contributed by atoms with E-state index in [-0.39, 0.29) is 0 Å². The Labute approximate surface area is 190 Å². The van der Waals surface area contributed by atoms with E-state index in [0.29, 0.717) is 25.1 Å². The number of urea groups is 1. The first-order chi connectivity index (χ1) is 15.5. The molecule has 1 heterocycles. The molecule has 1 aromatic heterocycles. The molecule has 3 aromatic rings. The maximum atomic E-state index is 12.9. The van der Waals surface area contributed by atoms with E-state index in [9.17, 15) is 14.4 Å². The molecule has 0 bridgehead atoms. The molecule has 0 unspecified atom stereocenters. The largest absolute Gasteiger partial charge is 0.324 e. The fourth-order valence-electron chi connectivity index (χ4n) is 2.95. The monoisotopic (exact) mass is 449 g/mol. The summed E-state index contributed by atoms with van der Waals surface area (Å²) in [6, 6.07) is 19.4. The zero-order valence-electron chi connectivity index (χ0n) is 17.2. The standard InChI is InChI=1S/C24H23N3O4S/c28-22(26-31)13-12-18-8-10-19(11-9-18)17-27(15-14-21-7-4-16-32-21)24(30)25-23(29)20-5-2-1-3-6-20/h1-13,16,31H,14-15,17H2,(H,26,28)(H,25,29,30). The van der Waals surface area contributed by atoms with Crippen LogP contribution in [0.15, 0.2) is 78.2 Å². The van der Waals surface area contributed by atoms with Gasteiger partial charge in [-0.15, -0.1) is 11.3 Å². The lowest BCUT2D eigenvalue weighted by atomic mass is 10.1. The highest BCUT2D eigenvalue weighted by Gasteiger charge is 2.18. The highest BCUT2D eigenvalue weighted by atomic mass is 32.1. The van der Waals surface area contributed by atoms with Crippen molar-refractivity contribution < 1.29 is 19.6 Å². The second-order valence-corrected chi connectivity index (χ2v) is 7.96. The van der Waals surface area contributed by atoms with E-state index in [1.807, 2.05) is 29.6 Å². The van der Waals surface area contributed by atoms with Gasteiger partial charge in [0.25, 0.3) is 11.8 Å². The van der Waals surface area contributed by atoms with Gasteiger partial charge in [-0.2, -0.15) is 0 Å². The maximum Gasteiger partial charge on any atom is 0.324 e. The van der Waals surface area contributed by atoms with Crippen molar-refractivity contribution in [2.75, 3.05) is 6.54 Å². The highest BCUT2D eigenvalue weighted by molar-refractivity contribution is 7.09. The maximum absolute atomic E-state index is 12.9. The fraction of sp³-hybridized carbons (Fsp3) is 0.125. The molecular weight excluding hydrogens is 426 g/mol. The van der Waals surface area contributed by atoms with Crippen LogP contribution in [0, 0.1) is 0 Å². The first kappa shape index (κ1) is 22.9. The lowest BCUT2D eigenvalue weighted by Crippen LogP contribution is -2.43. The van der Waals surface area contributed by atoms with Crippen molar-refractivity contribution in [1.29, 1.82) is 0 Å². The number of amides is 4. The van der Waals surface area contributed by atoms with E-state index in [1.54, 1.807) is 64.8 Å². The molecule has 0 aliphatic rings. The molecule has 0 fully saturated rings. The Morgan fingerprint density at radius 3 is 2.38 bits per heavy atom. The number of imide groups is 1. The van der Waals surface area contributed by atoms with Gasteiger partial charge in [-0.25, -0.2) is 10.3 Å². The summed E-state index contributed by atoms with van der Waals surface area (Å²) in [5, 5.41) is 13.0. The smallest absolute Gasteiger partial charge is 0.320 e. The first-order valence-corrected chi connectivity index (χ1v) is 10.8. The van der Waals surface area contributed by atoms with Crippen LogP contribution in [0.2, 0.25) is 0 Å². The molecule has 32 heavy (non-hydrogen) atoms. The average molecular weight is 450 g/mol. The Morgan fingerprint density at radius 1 is 0.969 bits per heavy atom. The van der Waals surface area contributed by atoms with Gasteiger partial charge in [-0.1, -0.05) is 48.5 Å². The van der Waals surface area contributed by atoms with Crippen molar-refractivity contribution >= 4 is 35.3 Å². The summed E-state index contributed by atoms with van der Waals surface area (Å²) >= 11 is 1.62. The van der Waals surface area contributed by atoms with Gasteiger partial charge in [-0.3, -0.25) is 20.1 Å². The number of benzene rings is 2. The molecular formula is C24H23N3O4S. The minimum absolute atomic E-state index is 0.320. The van der Waals surface area contributed by atoms with Crippen LogP contribution in [0.25, 0.3) is 6.08 Å². The summed E-state index contributed by atoms with van der Waals surface area (Å²) in [7, 11) is 0. The summed E-state index contributed by atoms with van der Waals surface area (Å²) < 4.78 is 0. The molecule has 164 valence electrons. The third kappa shape index (κ3) is 6.90. The summed E-state index contributed by atoms with van der Waals surface area (Å²) in [6.07, 6.45) is 3.46. The molecule has 0 aliphatic carbocycles. The Kier molecular flexibility index (Phi) is 8.30. The number of carbonyl (C=O) groups excluding carboxylic acids is 3. The molecule has 3 rings (SSSR count). The van der Waals surface area contributed by atoms with Gasteiger partial charge in [0.2, 0.25) is 0 Å². The van der Waals surface area contributed by atoms with E-state index >= 15 is 0 Å². The van der Waals surface area contributed by atoms with E-state index < -0.39 is 17.8 Å². The zero-order valence-corrected chi connectivity index (χ0v) is 18.0. The SMILES string of the molecule is O=C(C=Cc1ccc(CN(CCc2cccs2)C(=O)NC(=O)c2ccccc2)cc1)NO. The lowest BCUT2D eigenvalue weighted by molar-refractivity contribution is -0.124. The Balaban J connectivity index is 1.69. The second-order valence-electron chi connectivity index (χ2n) is 6.93. The van der Waals surface area contributed by atoms with Crippen molar-refractivity contribution in [2.24, 2.45) is 0 Å². The molecule has 2 aromatic carbocycles. The van der Waals surface area contributed by atoms with Crippen LogP contribution in [0.3, 0.4) is 0 Å². The van der Waals surface area contributed by atoms with E-state index in [1.165, 1.54) is 11.6 Å². The quantitative estimate of drug-likeness (QED) is 0.276. The third-order valence-electron chi connectivity index (χ3n) is 4.64. The van der Waals surface area contributed by atoms with Gasteiger partial charge >= 0.3 is 6.03 Å². The number of hydroxylamine groups is 1. The first-order valence-electron chi connectivity index (χ1n) is 9.94. The van der Waals surface area contributed by atoms with Crippen LogP contribution in [-0.4, -0.2) is 34.5 Å². The van der Waals surface area contributed by atoms with Gasteiger partial charge < -0.3 is 4.90 Å². The number of hydrogen-bond donors (Lipinski definition) is 3. The van der Waals surface area contributed by atoms with Crippen LogP contribution in [0.5, 0.6) is 0 Å². The molecule has 0 spiro atoms. The number of nitrogens with zero attached hydrogens (tertiary/aromatic N) is 1. The molecule has 0 saturated carbocycles. The summed E-state index contributed by atoms with van der Waals surface area (Å²) in [5.41, 5.74) is 3.60.